The quantitative estimate of drug-likeness (QED) is 0.894. The van der Waals surface area contributed by atoms with Crippen LogP contribution in [-0.4, -0.2) is 0 Å². The molecule has 0 amide bonds. The normalized spacial score (nSPS) is 10.7. The highest BCUT2D eigenvalue weighted by atomic mass is 35.5. The first-order chi connectivity index (χ1) is 9.06. The molecule has 0 bridgehead atoms. The van der Waals surface area contributed by atoms with Gasteiger partial charge in [-0.15, -0.1) is 0 Å². The number of rotatable bonds is 4. The number of nitrogens with one attached hydrogen (secondary N) is 1. The molecule has 0 radical (unpaired) electrons. The Kier molecular flexibility index (Phi) is 4.45. The molecule has 0 aliphatic rings. The largest absolute Gasteiger partial charge is 0.309 e. The lowest BCUT2D eigenvalue weighted by Gasteiger charge is -2.07. The van der Waals surface area contributed by atoms with E-state index in [4.69, 9.17) is 11.6 Å². The molecular weight excluding hydrogens is 275 g/mol. The lowest BCUT2D eigenvalue weighted by Crippen LogP contribution is -2.13. The Balaban J connectivity index is 1.94. The molecule has 0 saturated heterocycles. The van der Waals surface area contributed by atoms with E-state index in [2.05, 4.69) is 5.32 Å². The second kappa shape index (κ2) is 6.08. The van der Waals surface area contributed by atoms with E-state index in [0.717, 1.165) is 17.7 Å². The van der Waals surface area contributed by atoms with Crippen LogP contribution in [0, 0.1) is 17.5 Å². The Hall–Kier alpha value is -1.52. The van der Waals surface area contributed by atoms with Gasteiger partial charge in [0.1, 0.15) is 5.82 Å². The molecule has 0 aliphatic heterocycles. The molecule has 19 heavy (non-hydrogen) atoms. The smallest absolute Gasteiger partial charge is 0.159 e. The SMILES string of the molecule is Fc1ccc(CNCc2ccc(F)c(F)c2)c(Cl)c1. The molecule has 1 N–H and O–H groups in total. The monoisotopic (exact) mass is 285 g/mol. The van der Waals surface area contributed by atoms with Crippen molar-refractivity contribution in [3.05, 3.63) is 70.0 Å². The summed E-state index contributed by atoms with van der Waals surface area (Å²) >= 11 is 5.87. The maximum absolute atomic E-state index is 13.0. The summed E-state index contributed by atoms with van der Waals surface area (Å²) in [7, 11) is 0. The molecule has 0 aromatic heterocycles. The van der Waals surface area contributed by atoms with Crippen molar-refractivity contribution in [1.29, 1.82) is 0 Å². The molecular formula is C14H11ClF3N. The summed E-state index contributed by atoms with van der Waals surface area (Å²) in [5.41, 5.74) is 1.36. The van der Waals surface area contributed by atoms with Gasteiger partial charge >= 0.3 is 0 Å². The van der Waals surface area contributed by atoms with Crippen LogP contribution >= 0.6 is 11.6 Å². The van der Waals surface area contributed by atoms with Crippen LogP contribution in [0.1, 0.15) is 11.1 Å². The molecule has 100 valence electrons. The van der Waals surface area contributed by atoms with Crippen molar-refractivity contribution in [3.8, 4) is 0 Å². The number of hydrogen-bond acceptors (Lipinski definition) is 1. The van der Waals surface area contributed by atoms with Crippen molar-refractivity contribution in [2.75, 3.05) is 0 Å². The average molecular weight is 286 g/mol. The van der Waals surface area contributed by atoms with E-state index in [-0.39, 0.29) is 0 Å². The van der Waals surface area contributed by atoms with Gasteiger partial charge in [0, 0.05) is 18.1 Å². The lowest BCUT2D eigenvalue weighted by molar-refractivity contribution is 0.506. The average Bonchev–Trinajstić information content (AvgIpc) is 2.36. The molecule has 2 aromatic carbocycles. The van der Waals surface area contributed by atoms with E-state index in [1.807, 2.05) is 0 Å². The Labute approximate surface area is 114 Å². The van der Waals surface area contributed by atoms with Gasteiger partial charge in [-0.05, 0) is 35.4 Å². The molecule has 0 atom stereocenters. The van der Waals surface area contributed by atoms with E-state index in [9.17, 15) is 13.2 Å². The predicted molar refractivity (Wildman–Crippen MR) is 68.3 cm³/mol. The molecule has 0 saturated carbocycles. The summed E-state index contributed by atoms with van der Waals surface area (Å²) in [5, 5.41) is 3.36. The van der Waals surface area contributed by atoms with E-state index in [1.54, 1.807) is 6.07 Å². The first-order valence-corrected chi connectivity index (χ1v) is 6.02. The van der Waals surface area contributed by atoms with Gasteiger partial charge in [0.15, 0.2) is 11.6 Å². The minimum absolute atomic E-state index is 0.331. The lowest BCUT2D eigenvalue weighted by atomic mass is 10.2. The van der Waals surface area contributed by atoms with Crippen LogP contribution in [0.5, 0.6) is 0 Å². The summed E-state index contributed by atoms with van der Waals surface area (Å²) in [6.45, 7) is 0.781. The van der Waals surface area contributed by atoms with Crippen LogP contribution < -0.4 is 5.32 Å². The first-order valence-electron chi connectivity index (χ1n) is 5.65. The van der Waals surface area contributed by atoms with Gasteiger partial charge < -0.3 is 5.32 Å². The van der Waals surface area contributed by atoms with Crippen molar-refractivity contribution in [1.82, 2.24) is 5.32 Å². The van der Waals surface area contributed by atoms with Crippen LogP contribution in [-0.2, 0) is 13.1 Å². The molecule has 0 aliphatic carbocycles. The zero-order valence-corrected chi connectivity index (χ0v) is 10.6. The highest BCUT2D eigenvalue weighted by Gasteiger charge is 2.04. The van der Waals surface area contributed by atoms with E-state index < -0.39 is 17.5 Å². The van der Waals surface area contributed by atoms with Crippen LogP contribution in [0.25, 0.3) is 0 Å². The second-order valence-corrected chi connectivity index (χ2v) is 4.49. The van der Waals surface area contributed by atoms with Crippen molar-refractivity contribution < 1.29 is 13.2 Å². The minimum atomic E-state index is -0.876. The van der Waals surface area contributed by atoms with E-state index in [0.29, 0.717) is 23.7 Å². The molecule has 2 rings (SSSR count). The van der Waals surface area contributed by atoms with Crippen LogP contribution in [0.3, 0.4) is 0 Å². The summed E-state index contributed by atoms with van der Waals surface area (Å²) in [5.74, 6) is -2.14. The molecule has 0 fully saturated rings. The van der Waals surface area contributed by atoms with Gasteiger partial charge in [-0.1, -0.05) is 23.7 Å². The molecule has 1 nitrogen and oxygen atoms in total. The van der Waals surface area contributed by atoms with Crippen LogP contribution in [0.4, 0.5) is 13.2 Å². The van der Waals surface area contributed by atoms with E-state index >= 15 is 0 Å². The fraction of sp³-hybridized carbons (Fsp3) is 0.143. The highest BCUT2D eigenvalue weighted by Crippen LogP contribution is 2.17. The molecule has 0 spiro atoms. The third kappa shape index (κ3) is 3.72. The number of benzene rings is 2. The standard InChI is InChI=1S/C14H11ClF3N/c15-12-6-11(16)3-2-10(12)8-19-7-9-1-4-13(17)14(18)5-9/h1-6,19H,7-8H2. The van der Waals surface area contributed by atoms with Gasteiger partial charge in [0.25, 0.3) is 0 Å². The molecule has 0 unspecified atom stereocenters. The maximum Gasteiger partial charge on any atom is 0.159 e. The molecule has 0 heterocycles. The van der Waals surface area contributed by atoms with Crippen LogP contribution in [0.2, 0.25) is 5.02 Å². The third-order valence-electron chi connectivity index (χ3n) is 2.64. The zero-order chi connectivity index (χ0) is 13.8. The fourth-order valence-electron chi connectivity index (χ4n) is 1.66. The zero-order valence-electron chi connectivity index (χ0n) is 9.89. The van der Waals surface area contributed by atoms with Gasteiger partial charge in [-0.2, -0.15) is 0 Å². The van der Waals surface area contributed by atoms with Crippen molar-refractivity contribution in [2.24, 2.45) is 0 Å². The highest BCUT2D eigenvalue weighted by molar-refractivity contribution is 6.31. The second-order valence-electron chi connectivity index (χ2n) is 4.09. The topological polar surface area (TPSA) is 12.0 Å². The van der Waals surface area contributed by atoms with Gasteiger partial charge in [0.2, 0.25) is 0 Å². The summed E-state index contributed by atoms with van der Waals surface area (Å²) in [4.78, 5) is 0. The number of halogens is 4. The van der Waals surface area contributed by atoms with Crippen molar-refractivity contribution in [2.45, 2.75) is 13.1 Å². The van der Waals surface area contributed by atoms with Gasteiger partial charge in [-0.3, -0.25) is 0 Å². The van der Waals surface area contributed by atoms with E-state index in [1.165, 1.54) is 18.2 Å². The summed E-state index contributed by atoms with van der Waals surface area (Å²) in [6, 6.07) is 7.84. The van der Waals surface area contributed by atoms with Crippen molar-refractivity contribution >= 4 is 11.6 Å². The summed E-state index contributed by atoms with van der Waals surface area (Å²) in [6.07, 6.45) is 0. The Morgan fingerprint density at radius 3 is 2.37 bits per heavy atom. The number of hydrogen-bond donors (Lipinski definition) is 1. The Bertz CT molecular complexity index is 587. The third-order valence-corrected chi connectivity index (χ3v) is 3.00. The molecule has 5 heteroatoms. The first kappa shape index (κ1) is 13.9. The van der Waals surface area contributed by atoms with Gasteiger partial charge in [-0.25, -0.2) is 13.2 Å². The van der Waals surface area contributed by atoms with Crippen LogP contribution in [0.15, 0.2) is 36.4 Å². The minimum Gasteiger partial charge on any atom is -0.309 e. The van der Waals surface area contributed by atoms with Gasteiger partial charge in [0.05, 0.1) is 0 Å². The van der Waals surface area contributed by atoms with Crippen molar-refractivity contribution in [3.63, 3.8) is 0 Å². The molecule has 2 aromatic rings. The maximum atomic E-state index is 13.0. The Morgan fingerprint density at radius 2 is 1.68 bits per heavy atom. The predicted octanol–water partition coefficient (Wildman–Crippen LogP) is 4.05. The Morgan fingerprint density at radius 1 is 0.895 bits per heavy atom. The fourth-order valence-corrected chi connectivity index (χ4v) is 1.89. The summed E-state index contributed by atoms with van der Waals surface area (Å²) < 4.78 is 38.5.